The molecule has 100 valence electrons. The predicted octanol–water partition coefficient (Wildman–Crippen LogP) is 2.75. The topological polar surface area (TPSA) is 55.1 Å². The van der Waals surface area contributed by atoms with Gasteiger partial charge in [-0.25, -0.2) is 9.78 Å². The Morgan fingerprint density at radius 3 is 2.72 bits per heavy atom. The summed E-state index contributed by atoms with van der Waals surface area (Å²) in [5, 5.41) is 9.24. The van der Waals surface area contributed by atoms with Crippen LogP contribution in [0.4, 0.5) is 0 Å². The fourth-order valence-corrected chi connectivity index (χ4v) is 2.57. The molecule has 0 saturated heterocycles. The van der Waals surface area contributed by atoms with Crippen molar-refractivity contribution in [1.82, 2.24) is 9.55 Å². The zero-order chi connectivity index (χ0) is 13.5. The Bertz CT molecular complexity index is 469. The van der Waals surface area contributed by atoms with E-state index in [9.17, 15) is 9.90 Å². The first-order chi connectivity index (χ1) is 8.28. The van der Waals surface area contributed by atoms with E-state index < -0.39 is 5.97 Å². The molecule has 0 saturated carbocycles. The predicted molar refractivity (Wildman–Crippen MR) is 69.8 cm³/mol. The maximum Gasteiger partial charge on any atom is 0.356 e. The molecule has 0 amide bonds. The summed E-state index contributed by atoms with van der Waals surface area (Å²) in [6, 6.07) is 0. The minimum absolute atomic E-state index is 0.124. The number of aromatic carboxylic acids is 1. The first kappa shape index (κ1) is 13.1. The lowest BCUT2D eigenvalue weighted by molar-refractivity contribution is 0.0688. The van der Waals surface area contributed by atoms with E-state index in [0.29, 0.717) is 5.92 Å². The van der Waals surface area contributed by atoms with Crippen LogP contribution in [0.5, 0.6) is 0 Å². The van der Waals surface area contributed by atoms with E-state index in [1.807, 2.05) is 0 Å². The minimum atomic E-state index is -0.895. The van der Waals surface area contributed by atoms with Gasteiger partial charge in [0.25, 0.3) is 0 Å². The van der Waals surface area contributed by atoms with Crippen LogP contribution in [-0.4, -0.2) is 20.6 Å². The number of hydrogen-bond donors (Lipinski definition) is 1. The van der Waals surface area contributed by atoms with Crippen molar-refractivity contribution < 1.29 is 9.90 Å². The molecule has 0 fully saturated rings. The van der Waals surface area contributed by atoms with Gasteiger partial charge in [-0.15, -0.1) is 0 Å². The molecule has 0 bridgehead atoms. The number of hydrogen-bond acceptors (Lipinski definition) is 2. The summed E-state index contributed by atoms with van der Waals surface area (Å²) in [6.45, 7) is 9.58. The molecule has 2 heterocycles. The lowest BCUT2D eigenvalue weighted by Gasteiger charge is -2.25. The summed E-state index contributed by atoms with van der Waals surface area (Å²) in [4.78, 5) is 15.6. The summed E-state index contributed by atoms with van der Waals surface area (Å²) >= 11 is 0. The third-order valence-corrected chi connectivity index (χ3v) is 3.41. The van der Waals surface area contributed by atoms with Gasteiger partial charge in [0.15, 0.2) is 5.69 Å². The second-order valence-corrected chi connectivity index (χ2v) is 6.62. The van der Waals surface area contributed by atoms with Crippen LogP contribution in [0.15, 0.2) is 0 Å². The van der Waals surface area contributed by atoms with Gasteiger partial charge in [0.05, 0.1) is 5.69 Å². The van der Waals surface area contributed by atoms with Gasteiger partial charge in [0.1, 0.15) is 5.82 Å². The summed E-state index contributed by atoms with van der Waals surface area (Å²) in [6.07, 6.45) is 2.71. The minimum Gasteiger partial charge on any atom is -0.476 e. The van der Waals surface area contributed by atoms with Crippen molar-refractivity contribution in [3.63, 3.8) is 0 Å². The van der Waals surface area contributed by atoms with Crippen molar-refractivity contribution in [2.24, 2.45) is 11.3 Å². The van der Waals surface area contributed by atoms with Crippen LogP contribution in [0.25, 0.3) is 0 Å². The first-order valence-electron chi connectivity index (χ1n) is 6.59. The van der Waals surface area contributed by atoms with E-state index in [2.05, 4.69) is 37.2 Å². The SMILES string of the molecule is CC1CCc2c(C(=O)O)nc(CC(C)(C)C)n2C1. The van der Waals surface area contributed by atoms with Crippen LogP contribution < -0.4 is 0 Å². The molecule has 1 N–H and O–H groups in total. The smallest absolute Gasteiger partial charge is 0.356 e. The maximum atomic E-state index is 11.3. The van der Waals surface area contributed by atoms with Gasteiger partial charge in [-0.3, -0.25) is 0 Å². The van der Waals surface area contributed by atoms with Gasteiger partial charge in [0.2, 0.25) is 0 Å². The van der Waals surface area contributed by atoms with E-state index in [0.717, 1.165) is 37.3 Å². The summed E-state index contributed by atoms with van der Waals surface area (Å²) in [5.74, 6) is 0.641. The Labute approximate surface area is 108 Å². The molecule has 1 aliphatic rings. The maximum absolute atomic E-state index is 11.3. The Kier molecular flexibility index (Phi) is 3.21. The average molecular weight is 250 g/mol. The van der Waals surface area contributed by atoms with Gasteiger partial charge in [-0.2, -0.15) is 0 Å². The van der Waals surface area contributed by atoms with Crippen LogP contribution in [0.2, 0.25) is 0 Å². The molecule has 1 aromatic rings. The van der Waals surface area contributed by atoms with Crippen molar-refractivity contribution >= 4 is 5.97 Å². The summed E-state index contributed by atoms with van der Waals surface area (Å²) in [7, 11) is 0. The van der Waals surface area contributed by atoms with Crippen LogP contribution in [0, 0.1) is 11.3 Å². The quantitative estimate of drug-likeness (QED) is 0.878. The summed E-state index contributed by atoms with van der Waals surface area (Å²) in [5.41, 5.74) is 1.31. The number of rotatable bonds is 2. The van der Waals surface area contributed by atoms with Gasteiger partial charge >= 0.3 is 5.97 Å². The van der Waals surface area contributed by atoms with Gasteiger partial charge in [-0.05, 0) is 24.2 Å². The number of fused-ring (bicyclic) bond motifs is 1. The van der Waals surface area contributed by atoms with Crippen LogP contribution in [0.3, 0.4) is 0 Å². The molecular formula is C14H22N2O2. The highest BCUT2D eigenvalue weighted by atomic mass is 16.4. The normalized spacial score (nSPS) is 19.7. The van der Waals surface area contributed by atoms with E-state index in [4.69, 9.17) is 0 Å². The molecule has 0 radical (unpaired) electrons. The number of nitrogens with zero attached hydrogens (tertiary/aromatic N) is 2. The van der Waals surface area contributed by atoms with Crippen LogP contribution >= 0.6 is 0 Å². The first-order valence-corrected chi connectivity index (χ1v) is 6.59. The van der Waals surface area contributed by atoms with E-state index >= 15 is 0 Å². The van der Waals surface area contributed by atoms with Crippen molar-refractivity contribution in [3.8, 4) is 0 Å². The lowest BCUT2D eigenvalue weighted by atomic mass is 9.91. The Hall–Kier alpha value is -1.32. The van der Waals surface area contributed by atoms with Crippen molar-refractivity contribution in [1.29, 1.82) is 0 Å². The Morgan fingerprint density at radius 1 is 1.50 bits per heavy atom. The molecule has 2 rings (SSSR count). The van der Waals surface area contributed by atoms with Gasteiger partial charge in [-0.1, -0.05) is 27.7 Å². The Balaban J connectivity index is 2.44. The number of carbonyl (C=O) groups is 1. The molecule has 1 atom stereocenters. The average Bonchev–Trinajstić information content (AvgIpc) is 2.54. The molecule has 0 aromatic carbocycles. The highest BCUT2D eigenvalue weighted by Crippen LogP contribution is 2.28. The van der Waals surface area contributed by atoms with Crippen molar-refractivity contribution in [3.05, 3.63) is 17.2 Å². The van der Waals surface area contributed by atoms with E-state index in [1.165, 1.54) is 0 Å². The molecule has 18 heavy (non-hydrogen) atoms. The second kappa shape index (κ2) is 4.41. The fourth-order valence-electron chi connectivity index (χ4n) is 2.57. The van der Waals surface area contributed by atoms with Crippen molar-refractivity contribution in [2.75, 3.05) is 0 Å². The summed E-state index contributed by atoms with van der Waals surface area (Å²) < 4.78 is 2.14. The zero-order valence-electron chi connectivity index (χ0n) is 11.7. The standard InChI is InChI=1S/C14H22N2O2/c1-9-5-6-10-12(13(17)18)15-11(16(10)8-9)7-14(2,3)4/h9H,5-8H2,1-4H3,(H,17,18). The lowest BCUT2D eigenvalue weighted by Crippen LogP contribution is -2.22. The highest BCUT2D eigenvalue weighted by Gasteiger charge is 2.28. The van der Waals surface area contributed by atoms with Crippen LogP contribution in [-0.2, 0) is 19.4 Å². The molecule has 4 heteroatoms. The van der Waals surface area contributed by atoms with E-state index in [1.54, 1.807) is 0 Å². The van der Waals surface area contributed by atoms with Gasteiger partial charge < -0.3 is 9.67 Å². The molecular weight excluding hydrogens is 228 g/mol. The van der Waals surface area contributed by atoms with E-state index in [-0.39, 0.29) is 11.1 Å². The largest absolute Gasteiger partial charge is 0.476 e. The van der Waals surface area contributed by atoms with Crippen molar-refractivity contribution in [2.45, 2.75) is 53.5 Å². The highest BCUT2D eigenvalue weighted by molar-refractivity contribution is 5.87. The second-order valence-electron chi connectivity index (χ2n) is 6.62. The monoisotopic (exact) mass is 250 g/mol. The van der Waals surface area contributed by atoms with Gasteiger partial charge in [0, 0.05) is 13.0 Å². The third kappa shape index (κ3) is 2.57. The number of carboxylic acid groups (broad SMARTS) is 1. The molecule has 4 nitrogen and oxygen atoms in total. The number of carboxylic acids is 1. The molecule has 1 aliphatic heterocycles. The molecule has 0 aliphatic carbocycles. The number of imidazole rings is 1. The fraction of sp³-hybridized carbons (Fsp3) is 0.714. The molecule has 1 unspecified atom stereocenters. The molecule has 1 aromatic heterocycles. The zero-order valence-corrected chi connectivity index (χ0v) is 11.7. The Morgan fingerprint density at radius 2 is 2.17 bits per heavy atom. The van der Waals surface area contributed by atoms with Crippen LogP contribution in [0.1, 0.15) is 56.1 Å². The number of aromatic nitrogens is 2. The molecule has 0 spiro atoms. The third-order valence-electron chi connectivity index (χ3n) is 3.41.